The number of nitrogens with zero attached hydrogens (tertiary/aromatic N) is 1. The first-order valence-corrected chi connectivity index (χ1v) is 6.36. The van der Waals surface area contributed by atoms with E-state index in [-0.39, 0.29) is 18.3 Å². The number of hydrogen-bond donors (Lipinski definition) is 2. The number of unbranched alkanes of at least 4 members (excludes halogenated alkanes) is 1. The minimum atomic E-state index is -0.509. The van der Waals surface area contributed by atoms with E-state index in [1.54, 1.807) is 31.1 Å². The van der Waals surface area contributed by atoms with E-state index in [9.17, 15) is 9.18 Å². The molecule has 19 heavy (non-hydrogen) atoms. The Balaban J connectivity index is 2.69. The van der Waals surface area contributed by atoms with Gasteiger partial charge in [-0.3, -0.25) is 9.69 Å². The van der Waals surface area contributed by atoms with Crippen LogP contribution in [0, 0.1) is 5.82 Å². The number of carbonyl (C=O) groups excluding carboxylic acids is 1. The minimum absolute atomic E-state index is 0.122. The van der Waals surface area contributed by atoms with Crippen molar-refractivity contribution < 1.29 is 14.3 Å². The van der Waals surface area contributed by atoms with Crippen LogP contribution in [-0.2, 0) is 4.79 Å². The third-order valence-electron chi connectivity index (χ3n) is 2.81. The summed E-state index contributed by atoms with van der Waals surface area (Å²) in [6, 6.07) is 5.55. The van der Waals surface area contributed by atoms with Gasteiger partial charge in [-0.1, -0.05) is 12.1 Å². The molecule has 0 unspecified atom stereocenters. The molecular formula is C14H21FN2O2. The first kappa shape index (κ1) is 15.6. The molecule has 4 nitrogen and oxygen atoms in total. The number of rotatable bonds is 7. The van der Waals surface area contributed by atoms with Crippen LogP contribution in [0.1, 0.15) is 24.4 Å². The Hall–Kier alpha value is -1.46. The number of amides is 1. The van der Waals surface area contributed by atoms with Crippen molar-refractivity contribution in [1.29, 1.82) is 0 Å². The molecular weight excluding hydrogens is 247 g/mol. The van der Waals surface area contributed by atoms with Crippen LogP contribution >= 0.6 is 0 Å². The quantitative estimate of drug-likeness (QED) is 0.733. The molecule has 0 bridgehead atoms. The van der Waals surface area contributed by atoms with Crippen molar-refractivity contribution in [1.82, 2.24) is 10.2 Å². The number of benzene rings is 1. The number of carbonyl (C=O) groups is 1. The van der Waals surface area contributed by atoms with Crippen molar-refractivity contribution in [2.45, 2.75) is 18.9 Å². The molecule has 0 aromatic heterocycles. The molecule has 0 aliphatic rings. The van der Waals surface area contributed by atoms with Gasteiger partial charge in [0, 0.05) is 13.2 Å². The van der Waals surface area contributed by atoms with Gasteiger partial charge in [-0.25, -0.2) is 4.39 Å². The Kier molecular flexibility index (Phi) is 6.45. The zero-order valence-corrected chi connectivity index (χ0v) is 11.4. The van der Waals surface area contributed by atoms with E-state index in [1.165, 1.54) is 12.1 Å². The van der Waals surface area contributed by atoms with Gasteiger partial charge in [0.25, 0.3) is 0 Å². The van der Waals surface area contributed by atoms with E-state index >= 15 is 0 Å². The van der Waals surface area contributed by atoms with Crippen LogP contribution in [0.15, 0.2) is 24.3 Å². The smallest absolute Gasteiger partial charge is 0.241 e. The number of halogens is 1. The Bertz CT molecular complexity index is 410. The van der Waals surface area contributed by atoms with Crippen LogP contribution in [0.25, 0.3) is 0 Å². The monoisotopic (exact) mass is 268 g/mol. The van der Waals surface area contributed by atoms with Gasteiger partial charge >= 0.3 is 0 Å². The Morgan fingerprint density at radius 1 is 1.42 bits per heavy atom. The fourth-order valence-corrected chi connectivity index (χ4v) is 1.91. The summed E-state index contributed by atoms with van der Waals surface area (Å²) in [6.45, 7) is 0.635. The highest BCUT2D eigenvalue weighted by Crippen LogP contribution is 2.19. The molecule has 2 N–H and O–H groups in total. The molecule has 1 atom stereocenters. The highest BCUT2D eigenvalue weighted by Gasteiger charge is 2.22. The van der Waals surface area contributed by atoms with Gasteiger partial charge in [-0.05, 0) is 44.6 Å². The number of hydrogen-bond acceptors (Lipinski definition) is 3. The second kappa shape index (κ2) is 7.86. The van der Waals surface area contributed by atoms with Crippen LogP contribution in [0.3, 0.4) is 0 Å². The summed E-state index contributed by atoms with van der Waals surface area (Å²) in [5.74, 6) is -0.508. The van der Waals surface area contributed by atoms with Crippen molar-refractivity contribution >= 4 is 5.91 Å². The molecule has 106 valence electrons. The molecule has 1 rings (SSSR count). The largest absolute Gasteiger partial charge is 0.396 e. The van der Waals surface area contributed by atoms with Crippen LogP contribution in [0.4, 0.5) is 4.39 Å². The Morgan fingerprint density at radius 3 is 2.74 bits per heavy atom. The van der Waals surface area contributed by atoms with Gasteiger partial charge in [-0.15, -0.1) is 0 Å². The van der Waals surface area contributed by atoms with Crippen molar-refractivity contribution in [3.8, 4) is 0 Å². The lowest BCUT2D eigenvalue weighted by Crippen LogP contribution is -2.37. The van der Waals surface area contributed by atoms with Gasteiger partial charge in [0.2, 0.25) is 5.91 Å². The average molecular weight is 268 g/mol. The van der Waals surface area contributed by atoms with Crippen LogP contribution in [-0.4, -0.2) is 43.2 Å². The predicted molar refractivity (Wildman–Crippen MR) is 72.2 cm³/mol. The summed E-state index contributed by atoms with van der Waals surface area (Å²) >= 11 is 0. The topological polar surface area (TPSA) is 52.6 Å². The van der Waals surface area contributed by atoms with Crippen LogP contribution in [0.5, 0.6) is 0 Å². The maximum atomic E-state index is 13.2. The van der Waals surface area contributed by atoms with Crippen LogP contribution in [0.2, 0.25) is 0 Å². The summed E-state index contributed by atoms with van der Waals surface area (Å²) < 4.78 is 13.2. The molecule has 5 heteroatoms. The number of nitrogens with one attached hydrogen (secondary N) is 1. The zero-order chi connectivity index (χ0) is 14.3. The molecule has 0 saturated carbocycles. The fourth-order valence-electron chi connectivity index (χ4n) is 1.91. The molecule has 0 heterocycles. The standard InChI is InChI=1S/C14H21FN2O2/c1-17(2)13(11-6-5-7-12(15)10-11)14(19)16-8-3-4-9-18/h5-7,10,13,18H,3-4,8-9H2,1-2H3,(H,16,19)/t13-/m0/s1. The Morgan fingerprint density at radius 2 is 2.16 bits per heavy atom. The molecule has 0 radical (unpaired) electrons. The summed E-state index contributed by atoms with van der Waals surface area (Å²) in [5.41, 5.74) is 0.629. The average Bonchev–Trinajstić information content (AvgIpc) is 2.34. The van der Waals surface area contributed by atoms with E-state index in [4.69, 9.17) is 5.11 Å². The highest BCUT2D eigenvalue weighted by molar-refractivity contribution is 5.83. The van der Waals surface area contributed by atoms with E-state index in [0.717, 1.165) is 6.42 Å². The highest BCUT2D eigenvalue weighted by atomic mass is 19.1. The molecule has 0 fully saturated rings. The summed E-state index contributed by atoms with van der Waals surface area (Å²) in [5, 5.41) is 11.5. The normalized spacial score (nSPS) is 12.5. The van der Waals surface area contributed by atoms with E-state index in [1.807, 2.05) is 0 Å². The van der Waals surface area contributed by atoms with Crippen molar-refractivity contribution in [3.63, 3.8) is 0 Å². The summed E-state index contributed by atoms with van der Waals surface area (Å²) in [6.07, 6.45) is 1.39. The second-order valence-corrected chi connectivity index (χ2v) is 4.64. The molecule has 1 aromatic rings. The fraction of sp³-hybridized carbons (Fsp3) is 0.500. The summed E-state index contributed by atoms with van der Waals surface area (Å²) in [4.78, 5) is 13.9. The van der Waals surface area contributed by atoms with Gasteiger partial charge < -0.3 is 10.4 Å². The SMILES string of the molecule is CN(C)[C@H](C(=O)NCCCCO)c1cccc(F)c1. The number of likely N-dealkylation sites (N-methyl/N-ethyl adjacent to an activating group) is 1. The predicted octanol–water partition coefficient (Wildman–Crippen LogP) is 1.32. The van der Waals surface area contributed by atoms with Crippen molar-refractivity contribution in [2.75, 3.05) is 27.2 Å². The van der Waals surface area contributed by atoms with Gasteiger partial charge in [-0.2, -0.15) is 0 Å². The molecule has 0 spiro atoms. The first-order valence-electron chi connectivity index (χ1n) is 6.36. The molecule has 0 saturated heterocycles. The summed E-state index contributed by atoms with van der Waals surface area (Å²) in [7, 11) is 3.56. The number of aliphatic hydroxyl groups is 1. The maximum Gasteiger partial charge on any atom is 0.241 e. The number of aliphatic hydroxyl groups excluding tert-OH is 1. The second-order valence-electron chi connectivity index (χ2n) is 4.64. The Labute approximate surface area is 113 Å². The maximum absolute atomic E-state index is 13.2. The lowest BCUT2D eigenvalue weighted by atomic mass is 10.1. The zero-order valence-electron chi connectivity index (χ0n) is 11.4. The third kappa shape index (κ3) is 4.96. The van der Waals surface area contributed by atoms with E-state index in [0.29, 0.717) is 18.5 Å². The van der Waals surface area contributed by atoms with E-state index in [2.05, 4.69) is 5.32 Å². The van der Waals surface area contributed by atoms with E-state index < -0.39 is 6.04 Å². The third-order valence-corrected chi connectivity index (χ3v) is 2.81. The molecule has 0 aliphatic carbocycles. The molecule has 1 amide bonds. The van der Waals surface area contributed by atoms with Gasteiger partial charge in [0.15, 0.2) is 0 Å². The molecule has 1 aromatic carbocycles. The van der Waals surface area contributed by atoms with Crippen molar-refractivity contribution in [2.24, 2.45) is 0 Å². The minimum Gasteiger partial charge on any atom is -0.396 e. The van der Waals surface area contributed by atoms with Crippen molar-refractivity contribution in [3.05, 3.63) is 35.6 Å². The van der Waals surface area contributed by atoms with Crippen LogP contribution < -0.4 is 5.32 Å². The lowest BCUT2D eigenvalue weighted by Gasteiger charge is -2.23. The first-order chi connectivity index (χ1) is 9.06. The molecule has 0 aliphatic heterocycles. The lowest BCUT2D eigenvalue weighted by molar-refractivity contribution is -0.125. The van der Waals surface area contributed by atoms with Gasteiger partial charge in [0.1, 0.15) is 11.9 Å². The van der Waals surface area contributed by atoms with Gasteiger partial charge in [0.05, 0.1) is 0 Å².